The minimum atomic E-state index is -3.50. The molecule has 2 aromatic carbocycles. The first kappa shape index (κ1) is 19.0. The second-order valence-corrected chi connectivity index (χ2v) is 9.23. The third-order valence-electron chi connectivity index (χ3n) is 5.68. The molecule has 2 aliphatic rings. The SMILES string of the molecule is C[C@@H](C(=O)N1CCN(S(=O)(=O)c2ccccc2)CC1)N1CCc2ccccc21. The van der Waals surface area contributed by atoms with Crippen molar-refractivity contribution in [3.63, 3.8) is 0 Å². The molecule has 2 heterocycles. The van der Waals surface area contributed by atoms with Gasteiger partial charge in [0.2, 0.25) is 15.9 Å². The van der Waals surface area contributed by atoms with Crippen LogP contribution in [0.3, 0.4) is 0 Å². The minimum absolute atomic E-state index is 0.0634. The quantitative estimate of drug-likeness (QED) is 0.789. The second kappa shape index (κ2) is 7.56. The molecular formula is C21H25N3O3S. The van der Waals surface area contributed by atoms with Gasteiger partial charge in [-0.05, 0) is 37.1 Å². The van der Waals surface area contributed by atoms with Crippen LogP contribution in [0.4, 0.5) is 5.69 Å². The van der Waals surface area contributed by atoms with Crippen LogP contribution in [0.1, 0.15) is 12.5 Å². The van der Waals surface area contributed by atoms with Gasteiger partial charge in [0.05, 0.1) is 4.90 Å². The first-order valence-electron chi connectivity index (χ1n) is 9.67. The number of hydrogen-bond acceptors (Lipinski definition) is 4. The summed E-state index contributed by atoms with van der Waals surface area (Å²) >= 11 is 0. The Hall–Kier alpha value is -2.38. The van der Waals surface area contributed by atoms with Crippen molar-refractivity contribution in [1.29, 1.82) is 0 Å². The van der Waals surface area contributed by atoms with Gasteiger partial charge in [0.15, 0.2) is 0 Å². The van der Waals surface area contributed by atoms with Gasteiger partial charge in [-0.2, -0.15) is 4.31 Å². The van der Waals surface area contributed by atoms with E-state index in [-0.39, 0.29) is 11.9 Å². The molecule has 0 saturated carbocycles. The van der Waals surface area contributed by atoms with Crippen LogP contribution in [-0.4, -0.2) is 62.3 Å². The van der Waals surface area contributed by atoms with E-state index in [0.717, 1.165) is 18.7 Å². The molecule has 0 bridgehead atoms. The zero-order chi connectivity index (χ0) is 19.7. The number of anilines is 1. The maximum absolute atomic E-state index is 13.0. The van der Waals surface area contributed by atoms with E-state index < -0.39 is 10.0 Å². The Morgan fingerprint density at radius 2 is 1.54 bits per heavy atom. The highest BCUT2D eigenvalue weighted by Crippen LogP contribution is 2.30. The summed E-state index contributed by atoms with van der Waals surface area (Å²) in [6.45, 7) is 4.28. The fraction of sp³-hybridized carbons (Fsp3) is 0.381. The summed E-state index contributed by atoms with van der Waals surface area (Å²) < 4.78 is 27.0. The van der Waals surface area contributed by atoms with Gasteiger partial charge in [0.25, 0.3) is 0 Å². The zero-order valence-electron chi connectivity index (χ0n) is 16.0. The highest BCUT2D eigenvalue weighted by Gasteiger charge is 2.34. The van der Waals surface area contributed by atoms with Crippen molar-refractivity contribution in [1.82, 2.24) is 9.21 Å². The number of sulfonamides is 1. The summed E-state index contributed by atoms with van der Waals surface area (Å²) in [5, 5.41) is 0. The van der Waals surface area contributed by atoms with Gasteiger partial charge in [0.1, 0.15) is 6.04 Å². The van der Waals surface area contributed by atoms with E-state index in [1.807, 2.05) is 19.1 Å². The molecule has 7 heteroatoms. The Kier molecular flexibility index (Phi) is 5.12. The average Bonchev–Trinajstić information content (AvgIpc) is 3.17. The number of hydrogen-bond donors (Lipinski definition) is 0. The summed E-state index contributed by atoms with van der Waals surface area (Å²) in [7, 11) is -3.50. The van der Waals surface area contributed by atoms with E-state index in [4.69, 9.17) is 0 Å². The molecule has 1 fully saturated rings. The number of amides is 1. The molecule has 1 saturated heterocycles. The number of para-hydroxylation sites is 1. The highest BCUT2D eigenvalue weighted by atomic mass is 32.2. The minimum Gasteiger partial charge on any atom is -0.359 e. The molecule has 4 rings (SSSR count). The number of piperazine rings is 1. The van der Waals surface area contributed by atoms with Crippen molar-refractivity contribution < 1.29 is 13.2 Å². The smallest absolute Gasteiger partial charge is 0.245 e. The monoisotopic (exact) mass is 399 g/mol. The second-order valence-electron chi connectivity index (χ2n) is 7.29. The molecule has 6 nitrogen and oxygen atoms in total. The zero-order valence-corrected chi connectivity index (χ0v) is 16.8. The van der Waals surface area contributed by atoms with Crippen molar-refractivity contribution in [3.8, 4) is 0 Å². The molecule has 28 heavy (non-hydrogen) atoms. The number of rotatable bonds is 4. The van der Waals surface area contributed by atoms with Crippen molar-refractivity contribution in [2.24, 2.45) is 0 Å². The fourth-order valence-corrected chi connectivity index (χ4v) is 5.50. The summed E-state index contributed by atoms with van der Waals surface area (Å²) in [6, 6.07) is 16.4. The number of fused-ring (bicyclic) bond motifs is 1. The lowest BCUT2D eigenvalue weighted by Crippen LogP contribution is -2.55. The Bertz CT molecular complexity index is 954. The Morgan fingerprint density at radius 1 is 0.893 bits per heavy atom. The molecule has 148 valence electrons. The topological polar surface area (TPSA) is 60.9 Å². The Morgan fingerprint density at radius 3 is 2.25 bits per heavy atom. The molecule has 0 radical (unpaired) electrons. The lowest BCUT2D eigenvalue weighted by molar-refractivity contribution is -0.133. The van der Waals surface area contributed by atoms with Crippen LogP contribution in [0.15, 0.2) is 59.5 Å². The summed E-state index contributed by atoms with van der Waals surface area (Å²) in [5.41, 5.74) is 2.41. The van der Waals surface area contributed by atoms with Gasteiger partial charge in [-0.3, -0.25) is 4.79 Å². The largest absolute Gasteiger partial charge is 0.359 e. The number of nitrogens with zero attached hydrogens (tertiary/aromatic N) is 3. The van der Waals surface area contributed by atoms with Crippen molar-refractivity contribution in [2.75, 3.05) is 37.6 Å². The van der Waals surface area contributed by atoms with E-state index in [1.165, 1.54) is 9.87 Å². The molecule has 1 amide bonds. The lowest BCUT2D eigenvalue weighted by atomic mass is 10.1. The van der Waals surface area contributed by atoms with Crippen LogP contribution in [0.5, 0.6) is 0 Å². The van der Waals surface area contributed by atoms with Crippen molar-refractivity contribution in [3.05, 3.63) is 60.2 Å². The number of benzene rings is 2. The van der Waals surface area contributed by atoms with Gasteiger partial charge in [-0.25, -0.2) is 8.42 Å². The van der Waals surface area contributed by atoms with Crippen LogP contribution in [-0.2, 0) is 21.2 Å². The summed E-state index contributed by atoms with van der Waals surface area (Å²) in [6.07, 6.45) is 0.955. The van der Waals surface area contributed by atoms with Gasteiger partial charge < -0.3 is 9.80 Å². The van der Waals surface area contributed by atoms with Crippen LogP contribution in [0.25, 0.3) is 0 Å². The normalized spacial score (nSPS) is 18.8. The fourth-order valence-electron chi connectivity index (χ4n) is 4.05. The molecule has 0 aromatic heterocycles. The number of carbonyl (C=O) groups is 1. The predicted molar refractivity (Wildman–Crippen MR) is 109 cm³/mol. The van der Waals surface area contributed by atoms with Crippen LogP contribution in [0.2, 0.25) is 0 Å². The summed E-state index contributed by atoms with van der Waals surface area (Å²) in [5.74, 6) is 0.0634. The molecule has 0 N–H and O–H groups in total. The van der Waals surface area contributed by atoms with Crippen LogP contribution < -0.4 is 4.90 Å². The maximum atomic E-state index is 13.0. The Labute approximate surface area is 166 Å². The molecule has 0 unspecified atom stereocenters. The molecule has 0 aliphatic carbocycles. The van der Waals surface area contributed by atoms with Gasteiger partial charge >= 0.3 is 0 Å². The van der Waals surface area contributed by atoms with E-state index in [0.29, 0.717) is 31.1 Å². The van der Waals surface area contributed by atoms with Gasteiger partial charge in [0, 0.05) is 38.4 Å². The molecule has 0 spiro atoms. The lowest BCUT2D eigenvalue weighted by Gasteiger charge is -2.37. The van der Waals surface area contributed by atoms with Crippen LogP contribution >= 0.6 is 0 Å². The Balaban J connectivity index is 1.41. The molecule has 2 aliphatic heterocycles. The molecular weight excluding hydrogens is 374 g/mol. The van der Waals surface area contributed by atoms with E-state index in [9.17, 15) is 13.2 Å². The number of carbonyl (C=O) groups excluding carboxylic acids is 1. The summed E-state index contributed by atoms with van der Waals surface area (Å²) in [4.78, 5) is 17.3. The third kappa shape index (κ3) is 3.40. The van der Waals surface area contributed by atoms with E-state index in [2.05, 4.69) is 17.0 Å². The van der Waals surface area contributed by atoms with Crippen LogP contribution in [0, 0.1) is 0 Å². The van der Waals surface area contributed by atoms with E-state index in [1.54, 1.807) is 35.2 Å². The van der Waals surface area contributed by atoms with Crippen molar-refractivity contribution in [2.45, 2.75) is 24.3 Å². The van der Waals surface area contributed by atoms with Gasteiger partial charge in [-0.15, -0.1) is 0 Å². The highest BCUT2D eigenvalue weighted by molar-refractivity contribution is 7.89. The van der Waals surface area contributed by atoms with Crippen molar-refractivity contribution >= 4 is 21.6 Å². The molecule has 2 aromatic rings. The standard InChI is InChI=1S/C21H25N3O3S/c1-17(24-12-11-18-7-5-6-10-20(18)24)21(25)22-13-15-23(16-14-22)28(26,27)19-8-3-2-4-9-19/h2-10,17H,11-16H2,1H3/t17-/m0/s1. The van der Waals surface area contributed by atoms with E-state index >= 15 is 0 Å². The third-order valence-corrected chi connectivity index (χ3v) is 7.59. The molecule has 1 atom stereocenters. The average molecular weight is 400 g/mol. The maximum Gasteiger partial charge on any atom is 0.245 e. The first-order valence-corrected chi connectivity index (χ1v) is 11.1. The van der Waals surface area contributed by atoms with Gasteiger partial charge in [-0.1, -0.05) is 36.4 Å². The first-order chi connectivity index (χ1) is 13.5. The predicted octanol–water partition coefficient (Wildman–Crippen LogP) is 1.97.